The molecule has 1 saturated heterocycles. The summed E-state index contributed by atoms with van der Waals surface area (Å²) in [6, 6.07) is 3.81. The van der Waals surface area contributed by atoms with Crippen LogP contribution in [0.3, 0.4) is 0 Å². The van der Waals surface area contributed by atoms with E-state index < -0.39 is 5.60 Å². The van der Waals surface area contributed by atoms with Gasteiger partial charge in [0.05, 0.1) is 6.54 Å². The Hall–Kier alpha value is -1.05. The van der Waals surface area contributed by atoms with Crippen LogP contribution in [-0.4, -0.2) is 40.8 Å². The SMILES string of the molecule is CC(C)(C)OC(=O)N1CCC[C@H](Oc2ccc(I)cn2)C1. The van der Waals surface area contributed by atoms with E-state index in [0.717, 1.165) is 23.0 Å². The molecular weight excluding hydrogens is 383 g/mol. The van der Waals surface area contributed by atoms with Crippen LogP contribution in [0.25, 0.3) is 0 Å². The number of ether oxygens (including phenoxy) is 2. The molecule has 1 fully saturated rings. The topological polar surface area (TPSA) is 51.7 Å². The van der Waals surface area contributed by atoms with Crippen molar-refractivity contribution in [2.45, 2.75) is 45.3 Å². The van der Waals surface area contributed by atoms with Gasteiger partial charge in [-0.3, -0.25) is 0 Å². The molecule has 21 heavy (non-hydrogen) atoms. The fraction of sp³-hybridized carbons (Fsp3) is 0.600. The number of carbonyl (C=O) groups excluding carboxylic acids is 1. The molecule has 1 aliphatic rings. The standard InChI is InChI=1S/C15H21IN2O3/c1-15(2,3)21-14(19)18-8-4-5-12(10-18)20-13-7-6-11(16)9-17-13/h6-7,9,12H,4-5,8,10H2,1-3H3/t12-/m0/s1. The van der Waals surface area contributed by atoms with Crippen molar-refractivity contribution in [2.24, 2.45) is 0 Å². The maximum absolute atomic E-state index is 12.1. The van der Waals surface area contributed by atoms with E-state index in [0.29, 0.717) is 12.4 Å². The molecule has 116 valence electrons. The van der Waals surface area contributed by atoms with Crippen LogP contribution in [0.2, 0.25) is 0 Å². The van der Waals surface area contributed by atoms with Gasteiger partial charge in [0, 0.05) is 22.4 Å². The largest absolute Gasteiger partial charge is 0.472 e. The third kappa shape index (κ3) is 5.33. The summed E-state index contributed by atoms with van der Waals surface area (Å²) in [6.45, 7) is 6.88. The van der Waals surface area contributed by atoms with Gasteiger partial charge in [-0.05, 0) is 62.3 Å². The Balaban J connectivity index is 1.91. The first kappa shape index (κ1) is 16.3. The lowest BCUT2D eigenvalue weighted by molar-refractivity contribution is 0.00722. The second-order valence-corrected chi connectivity index (χ2v) is 7.37. The van der Waals surface area contributed by atoms with Crippen molar-refractivity contribution < 1.29 is 14.3 Å². The number of piperidine rings is 1. The Morgan fingerprint density at radius 3 is 2.81 bits per heavy atom. The van der Waals surface area contributed by atoms with Crippen molar-refractivity contribution in [1.82, 2.24) is 9.88 Å². The third-order valence-corrected chi connectivity index (χ3v) is 3.66. The van der Waals surface area contributed by atoms with Crippen molar-refractivity contribution >= 4 is 28.7 Å². The van der Waals surface area contributed by atoms with Gasteiger partial charge in [-0.15, -0.1) is 0 Å². The van der Waals surface area contributed by atoms with Crippen molar-refractivity contribution in [3.63, 3.8) is 0 Å². The molecule has 2 rings (SSSR count). The Morgan fingerprint density at radius 1 is 1.43 bits per heavy atom. The quantitative estimate of drug-likeness (QED) is 0.709. The molecule has 1 aromatic rings. The predicted octanol–water partition coefficient (Wildman–Crippen LogP) is 3.46. The number of nitrogens with zero attached hydrogens (tertiary/aromatic N) is 2. The van der Waals surface area contributed by atoms with Crippen LogP contribution < -0.4 is 4.74 Å². The van der Waals surface area contributed by atoms with Gasteiger partial charge in [-0.25, -0.2) is 9.78 Å². The average Bonchev–Trinajstić information content (AvgIpc) is 2.40. The molecule has 6 heteroatoms. The summed E-state index contributed by atoms with van der Waals surface area (Å²) in [4.78, 5) is 18.0. The number of pyridine rings is 1. The monoisotopic (exact) mass is 404 g/mol. The van der Waals surface area contributed by atoms with Crippen LogP contribution in [0.1, 0.15) is 33.6 Å². The number of amides is 1. The molecule has 0 unspecified atom stereocenters. The molecule has 2 heterocycles. The second-order valence-electron chi connectivity index (χ2n) is 6.12. The lowest BCUT2D eigenvalue weighted by atomic mass is 10.1. The van der Waals surface area contributed by atoms with Crippen molar-refractivity contribution in [2.75, 3.05) is 13.1 Å². The first-order valence-corrected chi connectivity index (χ1v) is 8.17. The fourth-order valence-corrected chi connectivity index (χ4v) is 2.45. The highest BCUT2D eigenvalue weighted by molar-refractivity contribution is 14.1. The number of aromatic nitrogens is 1. The van der Waals surface area contributed by atoms with Crippen LogP contribution >= 0.6 is 22.6 Å². The minimum Gasteiger partial charge on any atom is -0.472 e. The number of carbonyl (C=O) groups is 1. The van der Waals surface area contributed by atoms with Crippen LogP contribution in [0.4, 0.5) is 4.79 Å². The number of likely N-dealkylation sites (tertiary alicyclic amines) is 1. The maximum Gasteiger partial charge on any atom is 0.410 e. The molecule has 1 aliphatic heterocycles. The highest BCUT2D eigenvalue weighted by Crippen LogP contribution is 2.19. The van der Waals surface area contributed by atoms with Crippen LogP contribution in [0.5, 0.6) is 5.88 Å². The number of halogens is 1. The minimum atomic E-state index is -0.470. The van der Waals surface area contributed by atoms with Crippen molar-refractivity contribution in [3.8, 4) is 5.88 Å². The third-order valence-electron chi connectivity index (χ3n) is 3.02. The summed E-state index contributed by atoms with van der Waals surface area (Å²) in [5.74, 6) is 0.603. The maximum atomic E-state index is 12.1. The van der Waals surface area contributed by atoms with E-state index in [2.05, 4.69) is 27.6 Å². The molecule has 0 aromatic carbocycles. The van der Waals surface area contributed by atoms with Gasteiger partial charge in [-0.2, -0.15) is 0 Å². The first-order chi connectivity index (χ1) is 9.83. The molecule has 0 saturated carbocycles. The lowest BCUT2D eigenvalue weighted by Crippen LogP contribution is -2.46. The molecule has 0 bridgehead atoms. The smallest absolute Gasteiger partial charge is 0.410 e. The minimum absolute atomic E-state index is 0.0289. The average molecular weight is 404 g/mol. The van der Waals surface area contributed by atoms with E-state index in [1.165, 1.54) is 0 Å². The lowest BCUT2D eigenvalue weighted by Gasteiger charge is -2.33. The fourth-order valence-electron chi connectivity index (χ4n) is 2.13. The van der Waals surface area contributed by atoms with Gasteiger partial charge in [0.2, 0.25) is 5.88 Å². The van der Waals surface area contributed by atoms with Crippen LogP contribution in [0, 0.1) is 3.57 Å². The molecule has 1 atom stereocenters. The van der Waals surface area contributed by atoms with Gasteiger partial charge in [-0.1, -0.05) is 0 Å². The second kappa shape index (κ2) is 6.81. The van der Waals surface area contributed by atoms with E-state index in [-0.39, 0.29) is 12.2 Å². The van der Waals surface area contributed by atoms with E-state index in [1.54, 1.807) is 11.1 Å². The Kier molecular flexibility index (Phi) is 5.29. The van der Waals surface area contributed by atoms with Gasteiger partial charge >= 0.3 is 6.09 Å². The summed E-state index contributed by atoms with van der Waals surface area (Å²) in [5.41, 5.74) is -0.470. The Bertz CT molecular complexity index is 485. The predicted molar refractivity (Wildman–Crippen MR) is 88.4 cm³/mol. The zero-order valence-corrected chi connectivity index (χ0v) is 14.8. The summed E-state index contributed by atoms with van der Waals surface area (Å²) < 4.78 is 12.3. The number of hydrogen-bond acceptors (Lipinski definition) is 4. The van der Waals surface area contributed by atoms with Gasteiger partial charge in [0.25, 0.3) is 0 Å². The zero-order chi connectivity index (χ0) is 15.5. The zero-order valence-electron chi connectivity index (χ0n) is 12.6. The van der Waals surface area contributed by atoms with Crippen LogP contribution in [-0.2, 0) is 4.74 Å². The van der Waals surface area contributed by atoms with E-state index in [1.807, 2.05) is 32.9 Å². The van der Waals surface area contributed by atoms with E-state index in [4.69, 9.17) is 9.47 Å². The van der Waals surface area contributed by atoms with Gasteiger partial charge in [0.1, 0.15) is 11.7 Å². The molecule has 1 amide bonds. The van der Waals surface area contributed by atoms with Gasteiger partial charge in [0.15, 0.2) is 0 Å². The first-order valence-electron chi connectivity index (χ1n) is 7.09. The number of hydrogen-bond donors (Lipinski definition) is 0. The Labute approximate surface area is 139 Å². The molecule has 5 nitrogen and oxygen atoms in total. The van der Waals surface area contributed by atoms with E-state index >= 15 is 0 Å². The Morgan fingerprint density at radius 2 is 2.19 bits per heavy atom. The van der Waals surface area contributed by atoms with Crippen LogP contribution in [0.15, 0.2) is 18.3 Å². The number of rotatable bonds is 2. The van der Waals surface area contributed by atoms with Gasteiger partial charge < -0.3 is 14.4 Å². The molecule has 0 spiro atoms. The summed E-state index contributed by atoms with van der Waals surface area (Å²) >= 11 is 2.20. The molecule has 0 N–H and O–H groups in total. The summed E-state index contributed by atoms with van der Waals surface area (Å²) in [5, 5.41) is 0. The highest BCUT2D eigenvalue weighted by Gasteiger charge is 2.28. The summed E-state index contributed by atoms with van der Waals surface area (Å²) in [6.07, 6.45) is 3.30. The summed E-state index contributed by atoms with van der Waals surface area (Å²) in [7, 11) is 0. The van der Waals surface area contributed by atoms with E-state index in [9.17, 15) is 4.79 Å². The normalized spacial score (nSPS) is 19.2. The molecule has 0 radical (unpaired) electrons. The van der Waals surface area contributed by atoms with Crippen molar-refractivity contribution in [1.29, 1.82) is 0 Å². The molecular formula is C15H21IN2O3. The highest BCUT2D eigenvalue weighted by atomic mass is 127. The molecule has 1 aromatic heterocycles. The molecule has 0 aliphatic carbocycles. The van der Waals surface area contributed by atoms with Crippen molar-refractivity contribution in [3.05, 3.63) is 21.9 Å².